The molecule has 0 radical (unpaired) electrons. The third-order valence-electron chi connectivity index (χ3n) is 4.29. The Morgan fingerprint density at radius 3 is 2.90 bits per heavy atom. The van der Waals surface area contributed by atoms with Gasteiger partial charge in [0.1, 0.15) is 12.2 Å². The fourth-order valence-electron chi connectivity index (χ4n) is 3.32. The lowest BCUT2D eigenvalue weighted by molar-refractivity contribution is 0.295. The summed E-state index contributed by atoms with van der Waals surface area (Å²) in [5, 5.41) is 4.11. The zero-order valence-electron chi connectivity index (χ0n) is 12.1. The van der Waals surface area contributed by atoms with Crippen LogP contribution in [0.15, 0.2) is 6.33 Å². The summed E-state index contributed by atoms with van der Waals surface area (Å²) in [7, 11) is -2.85. The standard InChI is InChI=1S/C13H22N4O2S/c1-10(2)5-17-13(14-9-15-17)8-16-6-11-3-4-20(18,19)12(11)7-16/h9-12H,3-8H2,1-2H3/t11-,12+/m0/s1. The molecule has 0 spiro atoms. The summed E-state index contributed by atoms with van der Waals surface area (Å²) in [5.74, 6) is 2.16. The smallest absolute Gasteiger partial charge is 0.154 e. The van der Waals surface area contributed by atoms with Crippen LogP contribution in [-0.2, 0) is 22.9 Å². The Balaban J connectivity index is 1.67. The molecule has 20 heavy (non-hydrogen) atoms. The topological polar surface area (TPSA) is 68.1 Å². The van der Waals surface area contributed by atoms with Crippen LogP contribution in [-0.4, -0.2) is 52.2 Å². The van der Waals surface area contributed by atoms with Crippen LogP contribution in [0.25, 0.3) is 0 Å². The third-order valence-corrected chi connectivity index (χ3v) is 6.55. The Hall–Kier alpha value is -0.950. The van der Waals surface area contributed by atoms with Gasteiger partial charge in [-0.1, -0.05) is 13.8 Å². The molecule has 3 heterocycles. The zero-order valence-corrected chi connectivity index (χ0v) is 12.9. The molecule has 0 bridgehead atoms. The highest BCUT2D eigenvalue weighted by molar-refractivity contribution is 7.92. The Morgan fingerprint density at radius 2 is 2.20 bits per heavy atom. The molecule has 0 amide bonds. The van der Waals surface area contributed by atoms with Crippen LogP contribution in [0.4, 0.5) is 0 Å². The van der Waals surface area contributed by atoms with Crippen molar-refractivity contribution in [3.63, 3.8) is 0 Å². The number of aromatic nitrogens is 3. The van der Waals surface area contributed by atoms with Crippen molar-refractivity contribution in [2.24, 2.45) is 11.8 Å². The van der Waals surface area contributed by atoms with E-state index in [0.717, 1.165) is 25.3 Å². The maximum Gasteiger partial charge on any atom is 0.154 e. The van der Waals surface area contributed by atoms with Crippen LogP contribution >= 0.6 is 0 Å². The summed E-state index contributed by atoms with van der Waals surface area (Å²) >= 11 is 0. The molecule has 112 valence electrons. The first-order chi connectivity index (χ1) is 9.45. The van der Waals surface area contributed by atoms with E-state index in [1.807, 2.05) is 4.68 Å². The Bertz CT molecular complexity index is 581. The summed E-state index contributed by atoms with van der Waals surface area (Å²) < 4.78 is 25.8. The average molecular weight is 298 g/mol. The van der Waals surface area contributed by atoms with E-state index in [-0.39, 0.29) is 5.25 Å². The predicted octanol–water partition coefficient (Wildman–Crippen LogP) is 0.553. The first-order valence-electron chi connectivity index (χ1n) is 7.26. The van der Waals surface area contributed by atoms with E-state index >= 15 is 0 Å². The van der Waals surface area contributed by atoms with E-state index in [4.69, 9.17) is 0 Å². The lowest BCUT2D eigenvalue weighted by atomic mass is 10.1. The second kappa shape index (κ2) is 5.11. The summed E-state index contributed by atoms with van der Waals surface area (Å²) in [4.78, 5) is 6.54. The van der Waals surface area contributed by atoms with Crippen molar-refractivity contribution < 1.29 is 8.42 Å². The van der Waals surface area contributed by atoms with Crippen LogP contribution in [0.3, 0.4) is 0 Å². The molecule has 0 unspecified atom stereocenters. The summed E-state index contributed by atoms with van der Waals surface area (Å²) in [5.41, 5.74) is 0. The predicted molar refractivity (Wildman–Crippen MR) is 75.8 cm³/mol. The van der Waals surface area contributed by atoms with Gasteiger partial charge in [0.2, 0.25) is 0 Å². The van der Waals surface area contributed by atoms with Gasteiger partial charge in [-0.15, -0.1) is 0 Å². The van der Waals surface area contributed by atoms with Crippen LogP contribution < -0.4 is 0 Å². The zero-order chi connectivity index (χ0) is 14.3. The minimum atomic E-state index is -2.85. The number of fused-ring (bicyclic) bond motifs is 1. The largest absolute Gasteiger partial charge is 0.294 e. The fraction of sp³-hybridized carbons (Fsp3) is 0.846. The number of hydrogen-bond donors (Lipinski definition) is 0. The molecular formula is C13H22N4O2S. The lowest BCUT2D eigenvalue weighted by Crippen LogP contribution is -2.28. The number of hydrogen-bond acceptors (Lipinski definition) is 5. The SMILES string of the molecule is CC(C)Cn1ncnc1CN1C[C@@H]2CCS(=O)(=O)[C@@H]2C1. The maximum absolute atomic E-state index is 11.9. The van der Waals surface area contributed by atoms with Gasteiger partial charge in [0.05, 0.1) is 17.5 Å². The van der Waals surface area contributed by atoms with Crippen LogP contribution in [0.2, 0.25) is 0 Å². The summed E-state index contributed by atoms with van der Waals surface area (Å²) in [6.45, 7) is 7.39. The molecule has 1 aromatic heterocycles. The molecule has 7 heteroatoms. The molecular weight excluding hydrogens is 276 g/mol. The molecule has 2 atom stereocenters. The minimum Gasteiger partial charge on any atom is -0.294 e. The van der Waals surface area contributed by atoms with Crippen molar-refractivity contribution in [2.45, 2.75) is 38.6 Å². The number of likely N-dealkylation sites (tertiary alicyclic amines) is 1. The molecule has 0 aromatic carbocycles. The van der Waals surface area contributed by atoms with Gasteiger partial charge in [0, 0.05) is 19.6 Å². The molecule has 6 nitrogen and oxygen atoms in total. The van der Waals surface area contributed by atoms with Gasteiger partial charge in [-0.25, -0.2) is 18.1 Å². The quantitative estimate of drug-likeness (QED) is 0.812. The second-order valence-electron chi connectivity index (χ2n) is 6.40. The Morgan fingerprint density at radius 1 is 1.40 bits per heavy atom. The van der Waals surface area contributed by atoms with Crippen LogP contribution in [0, 0.1) is 11.8 Å². The van der Waals surface area contributed by atoms with Crippen molar-refractivity contribution in [1.29, 1.82) is 0 Å². The highest BCUT2D eigenvalue weighted by Gasteiger charge is 2.46. The molecule has 0 saturated carbocycles. The van der Waals surface area contributed by atoms with Crippen LogP contribution in [0.1, 0.15) is 26.1 Å². The van der Waals surface area contributed by atoms with E-state index in [0.29, 0.717) is 30.7 Å². The molecule has 2 aliphatic rings. The van der Waals surface area contributed by atoms with Crippen molar-refractivity contribution in [3.05, 3.63) is 12.2 Å². The summed E-state index contributed by atoms with van der Waals surface area (Å²) in [6.07, 6.45) is 2.41. The normalized spacial score (nSPS) is 29.1. The third kappa shape index (κ3) is 2.61. The van der Waals surface area contributed by atoms with Crippen molar-refractivity contribution in [2.75, 3.05) is 18.8 Å². The fourth-order valence-corrected chi connectivity index (χ4v) is 5.50. The van der Waals surface area contributed by atoms with Gasteiger partial charge in [-0.2, -0.15) is 5.10 Å². The lowest BCUT2D eigenvalue weighted by Gasteiger charge is -2.17. The molecule has 2 aliphatic heterocycles. The van der Waals surface area contributed by atoms with Gasteiger partial charge in [-0.3, -0.25) is 4.90 Å². The highest BCUT2D eigenvalue weighted by Crippen LogP contribution is 2.33. The molecule has 2 fully saturated rings. The van der Waals surface area contributed by atoms with Crippen molar-refractivity contribution in [1.82, 2.24) is 19.7 Å². The molecule has 1 aromatic rings. The van der Waals surface area contributed by atoms with E-state index in [1.54, 1.807) is 6.33 Å². The molecule has 3 rings (SSSR count). The van der Waals surface area contributed by atoms with Crippen LogP contribution in [0.5, 0.6) is 0 Å². The number of nitrogens with zero attached hydrogens (tertiary/aromatic N) is 4. The monoisotopic (exact) mass is 298 g/mol. The number of rotatable bonds is 4. The number of sulfone groups is 1. The van der Waals surface area contributed by atoms with Gasteiger partial charge in [0.25, 0.3) is 0 Å². The highest BCUT2D eigenvalue weighted by atomic mass is 32.2. The van der Waals surface area contributed by atoms with Crippen molar-refractivity contribution in [3.8, 4) is 0 Å². The molecule has 0 aliphatic carbocycles. The van der Waals surface area contributed by atoms with Gasteiger partial charge < -0.3 is 0 Å². The maximum atomic E-state index is 11.9. The second-order valence-corrected chi connectivity index (χ2v) is 8.74. The van der Waals surface area contributed by atoms with Gasteiger partial charge >= 0.3 is 0 Å². The van der Waals surface area contributed by atoms with E-state index in [2.05, 4.69) is 28.8 Å². The van der Waals surface area contributed by atoms with E-state index in [1.165, 1.54) is 0 Å². The molecule has 0 N–H and O–H groups in total. The Kier molecular flexibility index (Phi) is 3.58. The average Bonchev–Trinajstić information content (AvgIpc) is 3.00. The molecule has 2 saturated heterocycles. The van der Waals surface area contributed by atoms with E-state index < -0.39 is 9.84 Å². The van der Waals surface area contributed by atoms with Gasteiger partial charge in [-0.05, 0) is 18.3 Å². The van der Waals surface area contributed by atoms with Gasteiger partial charge in [0.15, 0.2) is 9.84 Å². The van der Waals surface area contributed by atoms with E-state index in [9.17, 15) is 8.42 Å². The first kappa shape index (κ1) is 14.0. The first-order valence-corrected chi connectivity index (χ1v) is 8.98. The minimum absolute atomic E-state index is 0.149. The Labute approximate surface area is 120 Å². The summed E-state index contributed by atoms with van der Waals surface area (Å²) in [6, 6.07) is 0. The van der Waals surface area contributed by atoms with Crippen molar-refractivity contribution >= 4 is 9.84 Å².